The smallest absolute Gasteiger partial charge is 0.128 e. The summed E-state index contributed by atoms with van der Waals surface area (Å²) in [6.07, 6.45) is 2.43. The Bertz CT molecular complexity index is 608. The van der Waals surface area contributed by atoms with Gasteiger partial charge in [0.25, 0.3) is 0 Å². The number of hydrogen-bond donors (Lipinski definition) is 1. The van der Waals surface area contributed by atoms with Crippen LogP contribution < -0.4 is 0 Å². The van der Waals surface area contributed by atoms with Gasteiger partial charge in [-0.25, -0.2) is 4.39 Å². The third-order valence-corrected chi connectivity index (χ3v) is 6.31. The Balaban J connectivity index is 2.16. The number of piperidine rings is 1. The van der Waals surface area contributed by atoms with E-state index in [9.17, 15) is 9.50 Å². The van der Waals surface area contributed by atoms with Gasteiger partial charge in [-0.3, -0.25) is 0 Å². The number of fused-ring (bicyclic) bond motifs is 1. The summed E-state index contributed by atoms with van der Waals surface area (Å²) in [7, 11) is 2.11. The molecule has 22 heavy (non-hydrogen) atoms. The van der Waals surface area contributed by atoms with E-state index >= 15 is 0 Å². The molecule has 3 rings (SSSR count). The van der Waals surface area contributed by atoms with E-state index in [4.69, 9.17) is 11.6 Å². The summed E-state index contributed by atoms with van der Waals surface area (Å²) in [5.74, 6) is -0.126. The first-order valence-electron chi connectivity index (χ1n) is 8.07. The highest BCUT2D eigenvalue weighted by Gasteiger charge is 2.57. The monoisotopic (exact) mass is 325 g/mol. The lowest BCUT2D eigenvalue weighted by Gasteiger charge is -2.47. The average molecular weight is 326 g/mol. The number of halogens is 2. The molecule has 0 amide bonds. The van der Waals surface area contributed by atoms with E-state index in [2.05, 4.69) is 25.8 Å². The van der Waals surface area contributed by atoms with Crippen molar-refractivity contribution in [2.24, 2.45) is 11.3 Å². The summed E-state index contributed by atoms with van der Waals surface area (Å²) < 4.78 is 14.4. The number of aliphatic hydroxyl groups is 1. The maximum atomic E-state index is 14.4. The zero-order valence-electron chi connectivity index (χ0n) is 13.8. The molecule has 1 aliphatic heterocycles. The molecule has 1 aromatic rings. The minimum absolute atomic E-state index is 0.150. The first kappa shape index (κ1) is 16.2. The van der Waals surface area contributed by atoms with Gasteiger partial charge < -0.3 is 10.0 Å². The largest absolute Gasteiger partial charge is 0.384 e. The molecule has 4 heteroatoms. The summed E-state index contributed by atoms with van der Waals surface area (Å²) in [5.41, 5.74) is 0.876. The van der Waals surface area contributed by atoms with Crippen molar-refractivity contribution in [2.45, 2.75) is 45.6 Å². The molecule has 1 aliphatic carbocycles. The molecular weight excluding hydrogens is 301 g/mol. The lowest BCUT2D eigenvalue weighted by molar-refractivity contribution is -0.121. The second-order valence-corrected chi connectivity index (χ2v) is 8.13. The first-order chi connectivity index (χ1) is 10.2. The first-order valence-corrected chi connectivity index (χ1v) is 8.45. The Labute approximate surface area is 137 Å². The molecule has 0 radical (unpaired) electrons. The number of hydrogen-bond acceptors (Lipinski definition) is 2. The van der Waals surface area contributed by atoms with Gasteiger partial charge >= 0.3 is 0 Å². The summed E-state index contributed by atoms with van der Waals surface area (Å²) in [6.45, 7) is 7.96. The Morgan fingerprint density at radius 2 is 1.91 bits per heavy atom. The van der Waals surface area contributed by atoms with Gasteiger partial charge in [0.2, 0.25) is 0 Å². The lowest BCUT2D eigenvalue weighted by atomic mass is 9.65. The maximum absolute atomic E-state index is 14.4. The average Bonchev–Trinajstić information content (AvgIpc) is 2.66. The third-order valence-electron chi connectivity index (χ3n) is 5.92. The van der Waals surface area contributed by atoms with Crippen molar-refractivity contribution >= 4 is 11.6 Å². The summed E-state index contributed by atoms with van der Waals surface area (Å²) in [4.78, 5) is 2.29. The van der Waals surface area contributed by atoms with E-state index in [1.807, 2.05) is 6.92 Å². The van der Waals surface area contributed by atoms with Crippen LogP contribution in [0.3, 0.4) is 0 Å². The number of likely N-dealkylation sites (tertiary alicyclic amines) is 1. The van der Waals surface area contributed by atoms with Crippen LogP contribution in [0, 0.1) is 24.1 Å². The van der Waals surface area contributed by atoms with Crippen LogP contribution in [0.15, 0.2) is 6.07 Å². The van der Waals surface area contributed by atoms with Crippen LogP contribution in [0.4, 0.5) is 4.39 Å². The number of benzene rings is 1. The highest BCUT2D eigenvalue weighted by atomic mass is 35.5. The lowest BCUT2D eigenvalue weighted by Crippen LogP contribution is -2.49. The quantitative estimate of drug-likeness (QED) is 0.846. The van der Waals surface area contributed by atoms with E-state index in [1.54, 1.807) is 0 Å². The van der Waals surface area contributed by atoms with Crippen LogP contribution in [0.5, 0.6) is 0 Å². The molecule has 1 heterocycles. The molecular formula is C18H25ClFNO. The molecule has 2 nitrogen and oxygen atoms in total. The fraction of sp³-hybridized carbons (Fsp3) is 0.667. The van der Waals surface area contributed by atoms with Gasteiger partial charge in [-0.2, -0.15) is 0 Å². The fourth-order valence-electron chi connectivity index (χ4n) is 4.56. The van der Waals surface area contributed by atoms with Gasteiger partial charge in [-0.1, -0.05) is 25.4 Å². The van der Waals surface area contributed by atoms with Gasteiger partial charge in [0.05, 0.1) is 5.60 Å². The van der Waals surface area contributed by atoms with Gasteiger partial charge in [0.1, 0.15) is 5.82 Å². The van der Waals surface area contributed by atoms with Crippen molar-refractivity contribution in [3.8, 4) is 0 Å². The van der Waals surface area contributed by atoms with Crippen molar-refractivity contribution in [1.29, 1.82) is 0 Å². The molecule has 1 aromatic carbocycles. The van der Waals surface area contributed by atoms with Gasteiger partial charge in [0.15, 0.2) is 0 Å². The van der Waals surface area contributed by atoms with Crippen LogP contribution in [-0.2, 0) is 12.0 Å². The molecule has 1 saturated heterocycles. The van der Waals surface area contributed by atoms with Crippen LogP contribution >= 0.6 is 11.6 Å². The molecule has 2 aliphatic rings. The molecule has 0 saturated carbocycles. The van der Waals surface area contributed by atoms with E-state index in [0.29, 0.717) is 17.0 Å². The number of nitrogens with zero attached hydrogens (tertiary/aromatic N) is 1. The van der Waals surface area contributed by atoms with Gasteiger partial charge in [0, 0.05) is 10.4 Å². The molecule has 1 N–H and O–H groups in total. The zero-order chi connectivity index (χ0) is 16.3. The van der Waals surface area contributed by atoms with E-state index in [1.165, 1.54) is 6.07 Å². The fourth-order valence-corrected chi connectivity index (χ4v) is 4.75. The topological polar surface area (TPSA) is 23.5 Å². The second kappa shape index (κ2) is 5.19. The molecule has 1 fully saturated rings. The highest BCUT2D eigenvalue weighted by molar-refractivity contribution is 6.31. The predicted molar refractivity (Wildman–Crippen MR) is 87.7 cm³/mol. The van der Waals surface area contributed by atoms with Crippen molar-refractivity contribution in [3.05, 3.63) is 33.6 Å². The van der Waals surface area contributed by atoms with Crippen molar-refractivity contribution in [1.82, 2.24) is 4.90 Å². The van der Waals surface area contributed by atoms with E-state index < -0.39 is 5.60 Å². The van der Waals surface area contributed by atoms with Crippen molar-refractivity contribution < 1.29 is 9.50 Å². The Morgan fingerprint density at radius 3 is 2.50 bits per heavy atom. The summed E-state index contributed by atoms with van der Waals surface area (Å²) in [6, 6.07) is 1.40. The minimum Gasteiger partial charge on any atom is -0.384 e. The van der Waals surface area contributed by atoms with Crippen molar-refractivity contribution in [2.75, 3.05) is 20.1 Å². The van der Waals surface area contributed by atoms with Crippen LogP contribution in [-0.4, -0.2) is 30.1 Å². The number of rotatable bonds is 1. The minimum atomic E-state index is -1.00. The van der Waals surface area contributed by atoms with Gasteiger partial charge in [-0.05, 0) is 75.0 Å². The second-order valence-electron chi connectivity index (χ2n) is 7.72. The zero-order valence-corrected chi connectivity index (χ0v) is 14.6. The van der Waals surface area contributed by atoms with Crippen LogP contribution in [0.25, 0.3) is 0 Å². The van der Waals surface area contributed by atoms with E-state index in [-0.39, 0.29) is 17.2 Å². The Kier molecular flexibility index (Phi) is 3.82. The third kappa shape index (κ3) is 2.13. The van der Waals surface area contributed by atoms with E-state index in [0.717, 1.165) is 37.1 Å². The highest BCUT2D eigenvalue weighted by Crippen LogP contribution is 2.58. The maximum Gasteiger partial charge on any atom is 0.128 e. The van der Waals surface area contributed by atoms with Gasteiger partial charge in [-0.15, -0.1) is 0 Å². The SMILES string of the molecule is Cc1c(Cl)cc(F)c2c1C(O)(C1CCN(C)CC1)C(C)(C)C2. The summed E-state index contributed by atoms with van der Waals surface area (Å²) >= 11 is 6.22. The van der Waals surface area contributed by atoms with Crippen LogP contribution in [0.2, 0.25) is 5.02 Å². The standard InChI is InChI=1S/C18H25ClFNO/c1-11-14(19)9-15(20)13-10-17(2,3)18(22,16(11)13)12-5-7-21(4)8-6-12/h9,12,22H,5-8,10H2,1-4H3. The van der Waals surface area contributed by atoms with Crippen molar-refractivity contribution in [3.63, 3.8) is 0 Å². The summed E-state index contributed by atoms with van der Waals surface area (Å²) in [5, 5.41) is 12.2. The Hall–Kier alpha value is -0.640. The van der Waals surface area contributed by atoms with Crippen LogP contribution in [0.1, 0.15) is 43.4 Å². The molecule has 122 valence electrons. The molecule has 0 spiro atoms. The molecule has 0 aromatic heterocycles. The normalized spacial score (nSPS) is 28.9. The Morgan fingerprint density at radius 1 is 1.32 bits per heavy atom. The molecule has 1 atom stereocenters. The molecule has 1 unspecified atom stereocenters. The predicted octanol–water partition coefficient (Wildman–Crippen LogP) is 3.90. The molecule has 0 bridgehead atoms.